The molecular formula is C16H24N2O3. The van der Waals surface area contributed by atoms with Crippen LogP contribution in [-0.4, -0.2) is 31.2 Å². The van der Waals surface area contributed by atoms with Crippen LogP contribution in [-0.2, 0) is 9.53 Å². The molecule has 0 atom stereocenters. The van der Waals surface area contributed by atoms with Crippen LogP contribution < -0.4 is 10.2 Å². The first-order valence-corrected chi connectivity index (χ1v) is 7.08. The Morgan fingerprint density at radius 2 is 1.81 bits per heavy atom. The Balaban J connectivity index is 2.27. The molecule has 0 saturated carbocycles. The molecule has 1 rings (SSSR count). The van der Waals surface area contributed by atoms with Crippen LogP contribution in [0.15, 0.2) is 30.3 Å². The van der Waals surface area contributed by atoms with Crippen molar-refractivity contribution in [2.75, 3.05) is 18.5 Å². The van der Waals surface area contributed by atoms with E-state index < -0.39 is 11.7 Å². The number of hydrogen-bond donors (Lipinski definition) is 1. The van der Waals surface area contributed by atoms with E-state index in [1.54, 1.807) is 11.9 Å². The topological polar surface area (TPSA) is 58.6 Å². The monoisotopic (exact) mass is 292 g/mol. The number of hydrogen-bond acceptors (Lipinski definition) is 3. The van der Waals surface area contributed by atoms with Crippen molar-refractivity contribution in [1.82, 2.24) is 5.32 Å². The molecule has 5 nitrogen and oxygen atoms in total. The van der Waals surface area contributed by atoms with Crippen molar-refractivity contribution in [2.24, 2.45) is 0 Å². The Bertz CT molecular complexity index is 466. The fraction of sp³-hybridized carbons (Fsp3) is 0.500. The molecule has 0 aliphatic rings. The number of ether oxygens (including phenoxy) is 1. The summed E-state index contributed by atoms with van der Waals surface area (Å²) in [7, 11) is 1.75. The molecule has 1 aromatic carbocycles. The van der Waals surface area contributed by atoms with Gasteiger partial charge in [-0.25, -0.2) is 4.79 Å². The lowest BCUT2D eigenvalue weighted by molar-refractivity contribution is -0.118. The van der Waals surface area contributed by atoms with E-state index in [1.807, 2.05) is 51.1 Å². The first-order valence-electron chi connectivity index (χ1n) is 7.08. The number of benzene rings is 1. The molecule has 0 spiro atoms. The van der Waals surface area contributed by atoms with Gasteiger partial charge in [0.2, 0.25) is 5.91 Å². The summed E-state index contributed by atoms with van der Waals surface area (Å²) in [4.78, 5) is 25.0. The number of para-hydroxylation sites is 1. The molecule has 0 radical (unpaired) electrons. The van der Waals surface area contributed by atoms with Crippen LogP contribution in [0.4, 0.5) is 10.5 Å². The molecule has 0 saturated heterocycles. The summed E-state index contributed by atoms with van der Waals surface area (Å²) in [5.74, 6) is 0.0205. The average molecular weight is 292 g/mol. The molecule has 5 heteroatoms. The predicted molar refractivity (Wildman–Crippen MR) is 83.3 cm³/mol. The molecule has 116 valence electrons. The SMILES string of the molecule is CN(C(=O)CCCNC(=O)OC(C)(C)C)c1ccccc1. The van der Waals surface area contributed by atoms with E-state index >= 15 is 0 Å². The van der Waals surface area contributed by atoms with E-state index in [-0.39, 0.29) is 5.91 Å². The lowest BCUT2D eigenvalue weighted by atomic mass is 10.2. The summed E-state index contributed by atoms with van der Waals surface area (Å²) in [6.45, 7) is 5.85. The van der Waals surface area contributed by atoms with Gasteiger partial charge in [0.25, 0.3) is 0 Å². The highest BCUT2D eigenvalue weighted by Crippen LogP contribution is 2.12. The molecule has 0 unspecified atom stereocenters. The van der Waals surface area contributed by atoms with Crippen molar-refractivity contribution in [1.29, 1.82) is 0 Å². The maximum Gasteiger partial charge on any atom is 0.407 e. The number of rotatable bonds is 5. The number of alkyl carbamates (subject to hydrolysis) is 1. The second kappa shape index (κ2) is 7.67. The smallest absolute Gasteiger partial charge is 0.407 e. The lowest BCUT2D eigenvalue weighted by Gasteiger charge is -2.20. The number of carbonyl (C=O) groups excluding carboxylic acids is 2. The maximum absolute atomic E-state index is 12.0. The molecule has 0 fully saturated rings. The fourth-order valence-corrected chi connectivity index (χ4v) is 1.71. The summed E-state index contributed by atoms with van der Waals surface area (Å²) < 4.78 is 5.12. The average Bonchev–Trinajstić information content (AvgIpc) is 2.41. The van der Waals surface area contributed by atoms with Crippen molar-refractivity contribution in [2.45, 2.75) is 39.2 Å². The molecule has 21 heavy (non-hydrogen) atoms. The first-order chi connectivity index (χ1) is 9.79. The van der Waals surface area contributed by atoms with Crippen molar-refractivity contribution in [3.63, 3.8) is 0 Å². The Morgan fingerprint density at radius 1 is 1.19 bits per heavy atom. The third-order valence-electron chi connectivity index (χ3n) is 2.75. The summed E-state index contributed by atoms with van der Waals surface area (Å²) in [5, 5.41) is 2.64. The van der Waals surface area contributed by atoms with Gasteiger partial charge in [-0.3, -0.25) is 4.79 Å². The fourth-order valence-electron chi connectivity index (χ4n) is 1.71. The van der Waals surface area contributed by atoms with Gasteiger partial charge in [-0.15, -0.1) is 0 Å². The minimum absolute atomic E-state index is 0.0205. The normalized spacial score (nSPS) is 10.9. The Labute approximate surface area is 126 Å². The van der Waals surface area contributed by atoms with Crippen molar-refractivity contribution < 1.29 is 14.3 Å². The van der Waals surface area contributed by atoms with Gasteiger partial charge in [0, 0.05) is 25.7 Å². The zero-order valence-corrected chi connectivity index (χ0v) is 13.2. The van der Waals surface area contributed by atoms with Crippen LogP contribution >= 0.6 is 0 Å². The molecule has 0 aromatic heterocycles. The maximum atomic E-state index is 12.0. The van der Waals surface area contributed by atoms with Crippen molar-refractivity contribution >= 4 is 17.7 Å². The predicted octanol–water partition coefficient (Wildman–Crippen LogP) is 2.95. The number of carbonyl (C=O) groups is 2. The summed E-state index contributed by atoms with van der Waals surface area (Å²) in [6, 6.07) is 9.46. The molecule has 1 aromatic rings. The Kier molecular flexibility index (Phi) is 6.21. The van der Waals surface area contributed by atoms with Crippen LogP contribution in [0.25, 0.3) is 0 Å². The van der Waals surface area contributed by atoms with E-state index in [0.29, 0.717) is 19.4 Å². The molecule has 0 heterocycles. The van der Waals surface area contributed by atoms with Gasteiger partial charge >= 0.3 is 6.09 Å². The van der Waals surface area contributed by atoms with Crippen molar-refractivity contribution in [3.8, 4) is 0 Å². The third kappa shape index (κ3) is 6.79. The molecular weight excluding hydrogens is 268 g/mol. The van der Waals surface area contributed by atoms with Crippen LogP contribution in [0.2, 0.25) is 0 Å². The summed E-state index contributed by atoms with van der Waals surface area (Å²) in [6.07, 6.45) is 0.502. The highest BCUT2D eigenvalue weighted by molar-refractivity contribution is 5.92. The summed E-state index contributed by atoms with van der Waals surface area (Å²) in [5.41, 5.74) is 0.357. The zero-order chi connectivity index (χ0) is 15.9. The Hall–Kier alpha value is -2.04. The number of nitrogens with one attached hydrogen (secondary N) is 1. The van der Waals surface area contributed by atoms with Gasteiger partial charge in [-0.05, 0) is 39.3 Å². The van der Waals surface area contributed by atoms with Gasteiger partial charge in [-0.1, -0.05) is 18.2 Å². The number of nitrogens with zero attached hydrogens (tertiary/aromatic N) is 1. The highest BCUT2D eigenvalue weighted by Gasteiger charge is 2.16. The molecule has 0 aliphatic carbocycles. The van der Waals surface area contributed by atoms with E-state index in [0.717, 1.165) is 5.69 Å². The van der Waals surface area contributed by atoms with E-state index in [2.05, 4.69) is 5.32 Å². The standard InChI is InChI=1S/C16H24N2O3/c1-16(2,3)21-15(20)17-12-8-11-14(19)18(4)13-9-6-5-7-10-13/h5-7,9-10H,8,11-12H2,1-4H3,(H,17,20). The van der Waals surface area contributed by atoms with E-state index in [1.165, 1.54) is 0 Å². The van der Waals surface area contributed by atoms with Gasteiger partial charge in [0.15, 0.2) is 0 Å². The van der Waals surface area contributed by atoms with Crippen LogP contribution in [0.3, 0.4) is 0 Å². The minimum Gasteiger partial charge on any atom is -0.444 e. The zero-order valence-electron chi connectivity index (χ0n) is 13.2. The van der Waals surface area contributed by atoms with Crippen molar-refractivity contribution in [3.05, 3.63) is 30.3 Å². The van der Waals surface area contributed by atoms with Crippen LogP contribution in [0.1, 0.15) is 33.6 Å². The molecule has 0 bridgehead atoms. The largest absolute Gasteiger partial charge is 0.444 e. The highest BCUT2D eigenvalue weighted by atomic mass is 16.6. The second-order valence-corrected chi connectivity index (χ2v) is 5.82. The quantitative estimate of drug-likeness (QED) is 0.849. The van der Waals surface area contributed by atoms with Gasteiger partial charge in [-0.2, -0.15) is 0 Å². The third-order valence-corrected chi connectivity index (χ3v) is 2.75. The second-order valence-electron chi connectivity index (χ2n) is 5.82. The first kappa shape index (κ1) is 17.0. The molecule has 2 amide bonds. The van der Waals surface area contributed by atoms with Crippen LogP contribution in [0, 0.1) is 0 Å². The summed E-state index contributed by atoms with van der Waals surface area (Å²) >= 11 is 0. The van der Waals surface area contributed by atoms with Gasteiger partial charge in [0.05, 0.1) is 0 Å². The van der Waals surface area contributed by atoms with Gasteiger partial charge in [0.1, 0.15) is 5.60 Å². The number of anilines is 1. The lowest BCUT2D eigenvalue weighted by Crippen LogP contribution is -2.33. The Morgan fingerprint density at radius 3 is 2.38 bits per heavy atom. The number of amides is 2. The minimum atomic E-state index is -0.507. The van der Waals surface area contributed by atoms with E-state index in [9.17, 15) is 9.59 Å². The van der Waals surface area contributed by atoms with Crippen LogP contribution in [0.5, 0.6) is 0 Å². The molecule has 1 N–H and O–H groups in total. The molecule has 0 aliphatic heterocycles. The van der Waals surface area contributed by atoms with Gasteiger partial charge < -0.3 is 15.0 Å². The van der Waals surface area contributed by atoms with E-state index in [4.69, 9.17) is 4.74 Å².